The first-order valence-corrected chi connectivity index (χ1v) is 3.31. The number of aliphatic hydroxyl groups excluding tert-OH is 1. The van der Waals surface area contributed by atoms with Gasteiger partial charge in [0, 0.05) is 6.04 Å². The number of alkyl halides is 3. The number of hydrogen-bond acceptors (Lipinski definition) is 2. The van der Waals surface area contributed by atoms with E-state index in [1.165, 1.54) is 13.8 Å². The van der Waals surface area contributed by atoms with Crippen LogP contribution in [0.2, 0.25) is 0 Å². The third-order valence-corrected chi connectivity index (χ3v) is 1.35. The molecular formula is C6H12F3NO. The van der Waals surface area contributed by atoms with Gasteiger partial charge in [0.05, 0.1) is 12.6 Å². The summed E-state index contributed by atoms with van der Waals surface area (Å²) in [7, 11) is 0. The van der Waals surface area contributed by atoms with Gasteiger partial charge in [-0.15, -0.1) is 0 Å². The Morgan fingerprint density at radius 2 is 1.82 bits per heavy atom. The summed E-state index contributed by atoms with van der Waals surface area (Å²) in [5.74, 6) is 0. The summed E-state index contributed by atoms with van der Waals surface area (Å²) < 4.78 is 34.6. The van der Waals surface area contributed by atoms with Gasteiger partial charge in [0.15, 0.2) is 0 Å². The maximum Gasteiger partial charge on any atom is 0.401 e. The van der Waals surface area contributed by atoms with Gasteiger partial charge in [0.2, 0.25) is 0 Å². The van der Waals surface area contributed by atoms with Crippen LogP contribution in [-0.4, -0.2) is 30.0 Å². The lowest BCUT2D eigenvalue weighted by Crippen LogP contribution is -2.41. The van der Waals surface area contributed by atoms with Crippen molar-refractivity contribution in [1.29, 1.82) is 0 Å². The summed E-state index contributed by atoms with van der Waals surface area (Å²) in [6, 6.07) is -0.531. The van der Waals surface area contributed by atoms with Gasteiger partial charge in [-0.1, -0.05) is 0 Å². The molecule has 0 aliphatic carbocycles. The number of aliphatic hydroxyl groups is 1. The first kappa shape index (κ1) is 10.7. The monoisotopic (exact) mass is 171 g/mol. The Hall–Kier alpha value is -0.290. The summed E-state index contributed by atoms with van der Waals surface area (Å²) in [5.41, 5.74) is 0. The zero-order valence-corrected chi connectivity index (χ0v) is 6.44. The van der Waals surface area contributed by atoms with Crippen LogP contribution >= 0.6 is 0 Å². The quantitative estimate of drug-likeness (QED) is 0.661. The number of hydrogen-bond donors (Lipinski definition) is 2. The van der Waals surface area contributed by atoms with Gasteiger partial charge in [-0.2, -0.15) is 13.2 Å². The molecular weight excluding hydrogens is 159 g/mol. The topological polar surface area (TPSA) is 32.3 Å². The van der Waals surface area contributed by atoms with Crippen LogP contribution in [0, 0.1) is 0 Å². The minimum Gasteiger partial charge on any atom is -0.392 e. The predicted molar refractivity (Wildman–Crippen MR) is 35.2 cm³/mol. The Morgan fingerprint density at radius 1 is 1.36 bits per heavy atom. The lowest BCUT2D eigenvalue weighted by atomic mass is 10.2. The zero-order chi connectivity index (χ0) is 9.07. The first-order valence-electron chi connectivity index (χ1n) is 3.31. The highest BCUT2D eigenvalue weighted by atomic mass is 19.4. The Bertz CT molecular complexity index is 113. The van der Waals surface area contributed by atoms with Gasteiger partial charge in [-0.3, -0.25) is 0 Å². The molecule has 0 heterocycles. The third-order valence-electron chi connectivity index (χ3n) is 1.35. The van der Waals surface area contributed by atoms with E-state index in [-0.39, 0.29) is 0 Å². The highest BCUT2D eigenvalue weighted by Crippen LogP contribution is 2.12. The SMILES string of the molecule is CC(O)C(C)NCC(F)(F)F. The van der Waals surface area contributed by atoms with E-state index in [1.807, 2.05) is 0 Å². The van der Waals surface area contributed by atoms with Crippen LogP contribution in [0.15, 0.2) is 0 Å². The fourth-order valence-corrected chi connectivity index (χ4v) is 0.447. The van der Waals surface area contributed by atoms with Gasteiger partial charge >= 0.3 is 6.18 Å². The van der Waals surface area contributed by atoms with Crippen LogP contribution in [-0.2, 0) is 0 Å². The van der Waals surface area contributed by atoms with Crippen molar-refractivity contribution in [3.05, 3.63) is 0 Å². The van der Waals surface area contributed by atoms with Crippen molar-refractivity contribution in [2.75, 3.05) is 6.54 Å². The summed E-state index contributed by atoms with van der Waals surface area (Å²) in [6.07, 6.45) is -4.97. The summed E-state index contributed by atoms with van der Waals surface area (Å²) >= 11 is 0. The van der Waals surface area contributed by atoms with E-state index in [9.17, 15) is 13.2 Å². The molecule has 0 aromatic carbocycles. The zero-order valence-electron chi connectivity index (χ0n) is 6.44. The van der Waals surface area contributed by atoms with Crippen LogP contribution in [0.4, 0.5) is 13.2 Å². The summed E-state index contributed by atoms with van der Waals surface area (Å²) in [5, 5.41) is 10.9. The minimum atomic E-state index is -4.21. The maximum absolute atomic E-state index is 11.5. The third kappa shape index (κ3) is 6.12. The molecule has 0 saturated carbocycles. The number of nitrogens with one attached hydrogen (secondary N) is 1. The Balaban J connectivity index is 3.54. The van der Waals surface area contributed by atoms with Gasteiger partial charge in [0.25, 0.3) is 0 Å². The first-order chi connectivity index (χ1) is 4.83. The standard InChI is InChI=1S/C6H12F3NO/c1-4(5(2)11)10-3-6(7,8)9/h4-5,10-11H,3H2,1-2H3. The van der Waals surface area contributed by atoms with Crippen LogP contribution in [0.1, 0.15) is 13.8 Å². The average molecular weight is 171 g/mol. The normalized spacial score (nSPS) is 18.0. The van der Waals surface area contributed by atoms with Gasteiger partial charge < -0.3 is 10.4 Å². The lowest BCUT2D eigenvalue weighted by molar-refractivity contribution is -0.127. The van der Waals surface area contributed by atoms with E-state index >= 15 is 0 Å². The molecule has 5 heteroatoms. The highest BCUT2D eigenvalue weighted by Gasteiger charge is 2.27. The van der Waals surface area contributed by atoms with E-state index in [1.54, 1.807) is 0 Å². The van der Waals surface area contributed by atoms with Crippen LogP contribution in [0.25, 0.3) is 0 Å². The second kappa shape index (κ2) is 3.92. The lowest BCUT2D eigenvalue weighted by Gasteiger charge is -2.17. The molecule has 0 saturated heterocycles. The molecule has 0 radical (unpaired) electrons. The molecule has 0 aliphatic rings. The predicted octanol–water partition coefficient (Wildman–Crippen LogP) is 0.908. The van der Waals surface area contributed by atoms with Crippen molar-refractivity contribution in [3.63, 3.8) is 0 Å². The van der Waals surface area contributed by atoms with E-state index < -0.39 is 24.9 Å². The molecule has 2 N–H and O–H groups in total. The van der Waals surface area contributed by atoms with Crippen molar-refractivity contribution >= 4 is 0 Å². The van der Waals surface area contributed by atoms with Gasteiger partial charge in [-0.25, -0.2) is 0 Å². The van der Waals surface area contributed by atoms with Gasteiger partial charge in [0.1, 0.15) is 0 Å². The van der Waals surface area contributed by atoms with E-state index in [4.69, 9.17) is 5.11 Å². The van der Waals surface area contributed by atoms with Crippen LogP contribution < -0.4 is 5.32 Å². The summed E-state index contributed by atoms with van der Waals surface area (Å²) in [4.78, 5) is 0. The van der Waals surface area contributed by atoms with Crippen LogP contribution in [0.5, 0.6) is 0 Å². The number of rotatable bonds is 3. The van der Waals surface area contributed by atoms with Gasteiger partial charge in [-0.05, 0) is 13.8 Å². The average Bonchev–Trinajstić information content (AvgIpc) is 1.80. The second-order valence-corrected chi connectivity index (χ2v) is 2.53. The molecule has 2 nitrogen and oxygen atoms in total. The molecule has 0 bridgehead atoms. The fraction of sp³-hybridized carbons (Fsp3) is 1.00. The molecule has 0 aliphatic heterocycles. The Kier molecular flexibility index (Phi) is 3.82. The van der Waals surface area contributed by atoms with Crippen molar-refractivity contribution in [1.82, 2.24) is 5.32 Å². The molecule has 0 aromatic rings. The summed E-state index contributed by atoms with van der Waals surface area (Å²) in [6.45, 7) is 1.88. The minimum absolute atomic E-state index is 0.531. The van der Waals surface area contributed by atoms with E-state index in [0.29, 0.717) is 0 Å². The highest BCUT2D eigenvalue weighted by molar-refractivity contribution is 4.68. The maximum atomic E-state index is 11.5. The molecule has 0 amide bonds. The number of halogens is 3. The van der Waals surface area contributed by atoms with Crippen molar-refractivity contribution in [2.24, 2.45) is 0 Å². The molecule has 11 heavy (non-hydrogen) atoms. The van der Waals surface area contributed by atoms with Crippen molar-refractivity contribution in [3.8, 4) is 0 Å². The molecule has 0 fully saturated rings. The molecule has 2 atom stereocenters. The van der Waals surface area contributed by atoms with Crippen molar-refractivity contribution < 1.29 is 18.3 Å². The largest absolute Gasteiger partial charge is 0.401 e. The van der Waals surface area contributed by atoms with Crippen LogP contribution in [0.3, 0.4) is 0 Å². The Labute approximate surface area is 63.4 Å². The second-order valence-electron chi connectivity index (χ2n) is 2.53. The van der Waals surface area contributed by atoms with Crippen molar-refractivity contribution in [2.45, 2.75) is 32.2 Å². The van der Waals surface area contributed by atoms with E-state index in [2.05, 4.69) is 5.32 Å². The molecule has 0 spiro atoms. The smallest absolute Gasteiger partial charge is 0.392 e. The molecule has 0 aromatic heterocycles. The molecule has 2 unspecified atom stereocenters. The molecule has 0 rings (SSSR count). The van der Waals surface area contributed by atoms with E-state index in [0.717, 1.165) is 0 Å². The molecule has 68 valence electrons. The fourth-order valence-electron chi connectivity index (χ4n) is 0.447. The Morgan fingerprint density at radius 3 is 2.09 bits per heavy atom.